The van der Waals surface area contributed by atoms with Gasteiger partial charge in [-0.25, -0.2) is 4.79 Å². The van der Waals surface area contributed by atoms with Crippen LogP contribution in [0.5, 0.6) is 0 Å². The number of amides is 3. The third-order valence-corrected chi connectivity index (χ3v) is 4.26. The number of benzene rings is 1. The Morgan fingerprint density at radius 3 is 2.11 bits per heavy atom. The summed E-state index contributed by atoms with van der Waals surface area (Å²) in [4.78, 5) is 36.7. The first-order valence-electron chi connectivity index (χ1n) is 9.21. The fraction of sp³-hybridized carbons (Fsp3) is 0.550. The lowest BCUT2D eigenvalue weighted by molar-refractivity contribution is -0.128. The van der Waals surface area contributed by atoms with Gasteiger partial charge in [-0.2, -0.15) is 0 Å². The van der Waals surface area contributed by atoms with Crippen LogP contribution in [-0.2, 0) is 20.7 Å². The van der Waals surface area contributed by atoms with Gasteiger partial charge >= 0.3 is 6.09 Å². The van der Waals surface area contributed by atoms with Gasteiger partial charge in [0.05, 0.1) is 0 Å². The molecule has 2 atom stereocenters. The molecule has 0 radical (unpaired) electrons. The molecule has 1 aromatic carbocycles. The summed E-state index contributed by atoms with van der Waals surface area (Å²) in [5.74, 6) is -0.929. The van der Waals surface area contributed by atoms with E-state index >= 15 is 0 Å². The van der Waals surface area contributed by atoms with Crippen LogP contribution in [0.15, 0.2) is 28.7 Å². The largest absolute Gasteiger partial charge is 0.444 e. The topological polar surface area (TPSA) is 111 Å². The fourth-order valence-electron chi connectivity index (χ4n) is 2.51. The Morgan fingerprint density at radius 2 is 1.64 bits per heavy atom. The van der Waals surface area contributed by atoms with Gasteiger partial charge in [0.25, 0.3) is 0 Å². The zero-order valence-electron chi connectivity index (χ0n) is 17.0. The monoisotopic (exact) mass is 455 g/mol. The number of nitrogens with one attached hydrogen (secondary N) is 2. The number of ether oxygens (including phenoxy) is 1. The van der Waals surface area contributed by atoms with Gasteiger partial charge in [0.1, 0.15) is 17.7 Å². The average Bonchev–Trinajstić information content (AvgIpc) is 2.53. The zero-order chi connectivity index (χ0) is 21.5. The maximum atomic E-state index is 12.8. The number of hydrogen-bond acceptors (Lipinski definition) is 4. The lowest BCUT2D eigenvalue weighted by atomic mass is 10.0. The summed E-state index contributed by atoms with van der Waals surface area (Å²) in [7, 11) is 0. The Hall–Kier alpha value is -2.09. The van der Waals surface area contributed by atoms with Crippen LogP contribution < -0.4 is 16.4 Å². The second kappa shape index (κ2) is 10.5. The predicted octanol–water partition coefficient (Wildman–Crippen LogP) is 2.90. The van der Waals surface area contributed by atoms with E-state index in [0.29, 0.717) is 6.42 Å². The molecule has 7 nitrogen and oxygen atoms in total. The standard InChI is InChI=1S/C20H30BrN3O4/c1-12(2)10-15(17(22)25)23-18(26)16(24-19(27)28-20(3,4)5)11-13-6-8-14(21)9-7-13/h6-9,12,15-16H,10-11H2,1-5H3,(H2,22,25)(H,23,26)(H,24,27)/t15-,16-/m0/s1. The van der Waals surface area contributed by atoms with Crippen LogP contribution in [0.2, 0.25) is 0 Å². The Labute approximate surface area is 174 Å². The Bertz CT molecular complexity index is 684. The van der Waals surface area contributed by atoms with E-state index in [1.165, 1.54) is 0 Å². The van der Waals surface area contributed by atoms with E-state index in [0.717, 1.165) is 10.0 Å². The number of carbonyl (C=O) groups excluding carboxylic acids is 3. The zero-order valence-corrected chi connectivity index (χ0v) is 18.6. The van der Waals surface area contributed by atoms with E-state index in [-0.39, 0.29) is 12.3 Å². The van der Waals surface area contributed by atoms with Crippen LogP contribution in [0.25, 0.3) is 0 Å². The van der Waals surface area contributed by atoms with Crippen molar-refractivity contribution >= 4 is 33.8 Å². The van der Waals surface area contributed by atoms with Gasteiger partial charge in [0.15, 0.2) is 0 Å². The van der Waals surface area contributed by atoms with Crippen molar-refractivity contribution in [2.24, 2.45) is 11.7 Å². The Morgan fingerprint density at radius 1 is 1.07 bits per heavy atom. The van der Waals surface area contributed by atoms with Crippen molar-refractivity contribution in [3.05, 3.63) is 34.3 Å². The normalized spacial score (nSPS) is 13.5. The molecule has 8 heteroatoms. The van der Waals surface area contributed by atoms with Crippen LogP contribution in [0.4, 0.5) is 4.79 Å². The summed E-state index contributed by atoms with van der Waals surface area (Å²) in [6.45, 7) is 9.08. The molecule has 1 aromatic rings. The first-order chi connectivity index (χ1) is 12.9. The molecule has 0 unspecified atom stereocenters. The molecule has 0 aliphatic carbocycles. The molecule has 1 rings (SSSR count). The molecular weight excluding hydrogens is 426 g/mol. The van der Waals surface area contributed by atoms with E-state index in [1.54, 1.807) is 20.8 Å². The molecular formula is C20H30BrN3O4. The number of carbonyl (C=O) groups is 3. The average molecular weight is 456 g/mol. The first-order valence-corrected chi connectivity index (χ1v) is 10.0. The van der Waals surface area contributed by atoms with Gasteiger partial charge in [0.2, 0.25) is 11.8 Å². The highest BCUT2D eigenvalue weighted by Gasteiger charge is 2.28. The summed E-state index contributed by atoms with van der Waals surface area (Å²) in [6.07, 6.45) is -0.0476. The van der Waals surface area contributed by atoms with E-state index in [2.05, 4.69) is 26.6 Å². The summed E-state index contributed by atoms with van der Waals surface area (Å²) in [5.41, 5.74) is 5.56. The molecule has 0 aliphatic heterocycles. The SMILES string of the molecule is CC(C)C[C@H](NC(=O)[C@H](Cc1ccc(Br)cc1)NC(=O)OC(C)(C)C)C(N)=O. The molecule has 3 amide bonds. The van der Waals surface area contributed by atoms with Gasteiger partial charge in [-0.05, 0) is 50.8 Å². The molecule has 0 saturated heterocycles. The number of alkyl carbamates (subject to hydrolysis) is 1. The molecule has 0 spiro atoms. The highest BCUT2D eigenvalue weighted by Crippen LogP contribution is 2.13. The third-order valence-electron chi connectivity index (χ3n) is 3.73. The number of halogens is 1. The molecule has 0 aliphatic rings. The van der Waals surface area contributed by atoms with Gasteiger partial charge < -0.3 is 21.1 Å². The smallest absolute Gasteiger partial charge is 0.408 e. The molecule has 0 aromatic heterocycles. The maximum absolute atomic E-state index is 12.8. The van der Waals surface area contributed by atoms with E-state index in [1.807, 2.05) is 38.1 Å². The minimum absolute atomic E-state index is 0.168. The summed E-state index contributed by atoms with van der Waals surface area (Å²) < 4.78 is 6.17. The second-order valence-corrected chi connectivity index (χ2v) is 9.04. The summed E-state index contributed by atoms with van der Waals surface area (Å²) >= 11 is 3.37. The Kier molecular flexibility index (Phi) is 8.94. The fourth-order valence-corrected chi connectivity index (χ4v) is 2.77. The quantitative estimate of drug-likeness (QED) is 0.559. The van der Waals surface area contributed by atoms with Crippen molar-refractivity contribution in [2.45, 2.75) is 65.1 Å². The molecule has 0 saturated carbocycles. The lowest BCUT2D eigenvalue weighted by Gasteiger charge is -2.25. The van der Waals surface area contributed by atoms with Crippen molar-refractivity contribution in [3.8, 4) is 0 Å². The number of nitrogens with two attached hydrogens (primary N) is 1. The summed E-state index contributed by atoms with van der Waals surface area (Å²) in [5, 5.41) is 5.25. The molecule has 28 heavy (non-hydrogen) atoms. The van der Waals surface area contributed by atoms with Gasteiger partial charge in [-0.3, -0.25) is 9.59 Å². The van der Waals surface area contributed by atoms with Gasteiger partial charge in [-0.1, -0.05) is 41.9 Å². The first kappa shape index (κ1) is 23.9. The number of rotatable bonds is 8. The third kappa shape index (κ3) is 9.21. The number of hydrogen-bond donors (Lipinski definition) is 3. The van der Waals surface area contributed by atoms with Crippen LogP contribution in [0.1, 0.15) is 46.6 Å². The highest BCUT2D eigenvalue weighted by atomic mass is 79.9. The second-order valence-electron chi connectivity index (χ2n) is 8.12. The Balaban J connectivity index is 2.96. The van der Waals surface area contributed by atoms with Crippen molar-refractivity contribution in [2.75, 3.05) is 0 Å². The van der Waals surface area contributed by atoms with Crippen LogP contribution in [0.3, 0.4) is 0 Å². The highest BCUT2D eigenvalue weighted by molar-refractivity contribution is 9.10. The molecule has 4 N–H and O–H groups in total. The van der Waals surface area contributed by atoms with Crippen molar-refractivity contribution in [3.63, 3.8) is 0 Å². The van der Waals surface area contributed by atoms with Gasteiger partial charge in [0, 0.05) is 10.9 Å². The predicted molar refractivity (Wildman–Crippen MR) is 112 cm³/mol. The minimum atomic E-state index is -0.912. The lowest BCUT2D eigenvalue weighted by Crippen LogP contribution is -2.54. The van der Waals surface area contributed by atoms with Crippen LogP contribution in [0, 0.1) is 5.92 Å². The van der Waals surface area contributed by atoms with Crippen molar-refractivity contribution < 1.29 is 19.1 Å². The molecule has 156 valence electrons. The van der Waals surface area contributed by atoms with Crippen LogP contribution >= 0.6 is 15.9 Å². The summed E-state index contributed by atoms with van der Waals surface area (Å²) in [6, 6.07) is 5.68. The molecule has 0 heterocycles. The minimum Gasteiger partial charge on any atom is -0.444 e. The molecule has 0 bridgehead atoms. The van der Waals surface area contributed by atoms with Crippen molar-refractivity contribution in [1.29, 1.82) is 0 Å². The van der Waals surface area contributed by atoms with E-state index < -0.39 is 35.6 Å². The number of primary amides is 1. The molecule has 0 fully saturated rings. The maximum Gasteiger partial charge on any atom is 0.408 e. The van der Waals surface area contributed by atoms with Crippen molar-refractivity contribution in [1.82, 2.24) is 10.6 Å². The van der Waals surface area contributed by atoms with Gasteiger partial charge in [-0.15, -0.1) is 0 Å². The van der Waals surface area contributed by atoms with E-state index in [9.17, 15) is 14.4 Å². The van der Waals surface area contributed by atoms with E-state index in [4.69, 9.17) is 10.5 Å². The van der Waals surface area contributed by atoms with Crippen LogP contribution in [-0.4, -0.2) is 35.6 Å².